The van der Waals surface area contributed by atoms with Gasteiger partial charge in [0.15, 0.2) is 0 Å². The molecule has 3 rings (SSSR count). The van der Waals surface area contributed by atoms with Crippen molar-refractivity contribution in [2.75, 3.05) is 49.7 Å². The molecule has 1 fully saturated rings. The number of amides is 1. The molecular formula is C24H29ClFN5O2. The molecule has 7 nitrogen and oxygen atoms in total. The summed E-state index contributed by atoms with van der Waals surface area (Å²) in [6.07, 6.45) is 7.04. The van der Waals surface area contributed by atoms with Crippen LogP contribution in [0.5, 0.6) is 5.75 Å². The van der Waals surface area contributed by atoms with Crippen LogP contribution in [0.4, 0.5) is 21.5 Å². The minimum Gasteiger partial charge on any atom is -0.494 e. The van der Waals surface area contributed by atoms with Crippen molar-refractivity contribution >= 4 is 40.4 Å². The van der Waals surface area contributed by atoms with Crippen molar-refractivity contribution < 1.29 is 13.9 Å². The van der Waals surface area contributed by atoms with E-state index >= 15 is 0 Å². The number of hydrogen-bond acceptors (Lipinski definition) is 5. The molecule has 0 spiro atoms. The topological polar surface area (TPSA) is 89.5 Å². The van der Waals surface area contributed by atoms with Crippen LogP contribution in [-0.2, 0) is 4.79 Å². The lowest BCUT2D eigenvalue weighted by molar-refractivity contribution is -0.111. The molecule has 0 atom stereocenters. The molecule has 0 bridgehead atoms. The Morgan fingerprint density at radius 3 is 2.61 bits per heavy atom. The number of rotatable bonds is 8. The van der Waals surface area contributed by atoms with Gasteiger partial charge in [0.05, 0.1) is 17.8 Å². The number of methoxy groups -OCH3 is 1. The van der Waals surface area contributed by atoms with Crippen LogP contribution in [0.15, 0.2) is 42.5 Å². The average Bonchev–Trinajstić information content (AvgIpc) is 2.81. The summed E-state index contributed by atoms with van der Waals surface area (Å²) in [6, 6.07) is 7.49. The lowest BCUT2D eigenvalue weighted by atomic mass is 10.1. The number of hydrogen-bond donors (Lipinski definition) is 4. The molecule has 1 aliphatic rings. The van der Waals surface area contributed by atoms with Gasteiger partial charge >= 0.3 is 0 Å². The summed E-state index contributed by atoms with van der Waals surface area (Å²) in [5.41, 5.74) is 2.01. The number of carbonyl (C=O) groups excluding carboxylic acids is 1. The number of carbonyl (C=O) groups is 1. The molecular weight excluding hydrogens is 445 g/mol. The molecule has 0 unspecified atom stereocenters. The molecule has 1 aliphatic heterocycles. The molecule has 1 saturated heterocycles. The molecule has 0 radical (unpaired) electrons. The van der Waals surface area contributed by atoms with E-state index in [1.807, 2.05) is 6.08 Å². The minimum absolute atomic E-state index is 0.0411. The van der Waals surface area contributed by atoms with Crippen molar-refractivity contribution in [1.29, 1.82) is 5.41 Å². The van der Waals surface area contributed by atoms with Crippen LogP contribution < -0.4 is 20.7 Å². The number of benzene rings is 2. The Morgan fingerprint density at radius 1 is 1.18 bits per heavy atom. The van der Waals surface area contributed by atoms with Crippen molar-refractivity contribution in [1.82, 2.24) is 4.90 Å². The highest BCUT2D eigenvalue weighted by molar-refractivity contribution is 6.31. The van der Waals surface area contributed by atoms with Crippen LogP contribution in [-0.4, -0.2) is 50.4 Å². The van der Waals surface area contributed by atoms with Crippen LogP contribution >= 0.6 is 11.6 Å². The van der Waals surface area contributed by atoms with Crippen molar-refractivity contribution in [3.05, 3.63) is 58.9 Å². The van der Waals surface area contributed by atoms with Gasteiger partial charge in [-0.2, -0.15) is 0 Å². The second kappa shape index (κ2) is 11.7. The Balaban J connectivity index is 1.75. The Bertz CT molecular complexity index is 1040. The van der Waals surface area contributed by atoms with Crippen molar-refractivity contribution in [3.63, 3.8) is 0 Å². The fourth-order valence-electron chi connectivity index (χ4n) is 3.67. The summed E-state index contributed by atoms with van der Waals surface area (Å²) >= 11 is 5.84. The van der Waals surface area contributed by atoms with Gasteiger partial charge in [-0.3, -0.25) is 15.1 Å². The zero-order valence-electron chi connectivity index (χ0n) is 18.8. The number of halogens is 2. The van der Waals surface area contributed by atoms with Gasteiger partial charge in [-0.1, -0.05) is 24.1 Å². The van der Waals surface area contributed by atoms with Gasteiger partial charge in [-0.25, -0.2) is 4.39 Å². The molecule has 2 aromatic rings. The van der Waals surface area contributed by atoms with E-state index in [9.17, 15) is 9.18 Å². The van der Waals surface area contributed by atoms with Gasteiger partial charge in [0.2, 0.25) is 5.91 Å². The Kier molecular flexibility index (Phi) is 8.68. The third kappa shape index (κ3) is 6.69. The quantitative estimate of drug-likeness (QED) is 0.247. The summed E-state index contributed by atoms with van der Waals surface area (Å²) in [7, 11) is 3.24. The molecule has 33 heavy (non-hydrogen) atoms. The first-order valence-corrected chi connectivity index (χ1v) is 11.2. The predicted octanol–water partition coefficient (Wildman–Crippen LogP) is 4.95. The second-order valence-electron chi connectivity index (χ2n) is 7.73. The van der Waals surface area contributed by atoms with E-state index in [1.165, 1.54) is 50.6 Å². The summed E-state index contributed by atoms with van der Waals surface area (Å²) in [5.74, 6) is -0.315. The van der Waals surface area contributed by atoms with Crippen LogP contribution in [0.2, 0.25) is 5.02 Å². The van der Waals surface area contributed by atoms with E-state index < -0.39 is 5.82 Å². The Labute approximate surface area is 198 Å². The van der Waals surface area contributed by atoms with E-state index in [-0.39, 0.29) is 16.8 Å². The summed E-state index contributed by atoms with van der Waals surface area (Å²) < 4.78 is 18.9. The highest BCUT2D eigenvalue weighted by Crippen LogP contribution is 2.32. The molecule has 0 aromatic heterocycles. The van der Waals surface area contributed by atoms with Crippen molar-refractivity contribution in [3.8, 4) is 5.75 Å². The Hall–Kier alpha value is -3.10. The standard InChI is InChI=1S/C24H29ClFN5O2/c1-28-20-15-22(33-2)21(30-23(32)7-6-12-31-10-4-3-5-11-31)14-17(20)24(27)29-16-8-9-19(26)18(25)13-16/h6-9,13-15,28H,3-5,10-12H2,1-2H3,(H2,27,29)(H,30,32)/b7-6+. The Morgan fingerprint density at radius 2 is 1.94 bits per heavy atom. The number of nitrogens with zero attached hydrogens (tertiary/aromatic N) is 1. The SMILES string of the molecule is CNc1cc(OC)c(NC(=O)/C=C/CN2CCCCC2)cc1C(=N)Nc1ccc(F)c(Cl)c1. The van der Waals surface area contributed by atoms with E-state index in [0.717, 1.165) is 19.6 Å². The third-order valence-corrected chi connectivity index (χ3v) is 5.70. The van der Waals surface area contributed by atoms with Gasteiger partial charge in [-0.15, -0.1) is 0 Å². The first kappa shape index (κ1) is 24.5. The maximum Gasteiger partial charge on any atom is 0.248 e. The number of ether oxygens (including phenoxy) is 1. The van der Waals surface area contributed by atoms with Crippen molar-refractivity contribution in [2.24, 2.45) is 0 Å². The molecule has 0 saturated carbocycles. The number of likely N-dealkylation sites (tertiary alicyclic amines) is 1. The van der Waals surface area contributed by atoms with E-state index in [2.05, 4.69) is 20.9 Å². The zero-order valence-corrected chi connectivity index (χ0v) is 19.6. The van der Waals surface area contributed by atoms with E-state index in [1.54, 1.807) is 19.2 Å². The first-order valence-electron chi connectivity index (χ1n) is 10.8. The monoisotopic (exact) mass is 473 g/mol. The van der Waals surface area contributed by atoms with Gasteiger partial charge in [0.25, 0.3) is 0 Å². The molecule has 9 heteroatoms. The number of piperidine rings is 1. The van der Waals surface area contributed by atoms with Gasteiger partial charge in [-0.05, 0) is 50.2 Å². The van der Waals surface area contributed by atoms with Gasteiger partial charge in [0.1, 0.15) is 17.4 Å². The van der Waals surface area contributed by atoms with Crippen LogP contribution in [0.1, 0.15) is 24.8 Å². The fourth-order valence-corrected chi connectivity index (χ4v) is 3.85. The molecule has 0 aliphatic carbocycles. The minimum atomic E-state index is -0.535. The third-order valence-electron chi connectivity index (χ3n) is 5.41. The molecule has 176 valence electrons. The molecule has 1 heterocycles. The maximum atomic E-state index is 13.4. The largest absolute Gasteiger partial charge is 0.494 e. The van der Waals surface area contributed by atoms with Crippen molar-refractivity contribution in [2.45, 2.75) is 19.3 Å². The number of amidine groups is 1. The second-order valence-corrected chi connectivity index (χ2v) is 8.14. The number of anilines is 3. The lowest BCUT2D eigenvalue weighted by Gasteiger charge is -2.24. The van der Waals surface area contributed by atoms with E-state index in [4.69, 9.17) is 21.7 Å². The van der Waals surface area contributed by atoms with Gasteiger partial charge in [0, 0.05) is 42.7 Å². The molecule has 4 N–H and O–H groups in total. The normalized spacial score (nSPS) is 14.2. The molecule has 1 amide bonds. The zero-order chi connectivity index (χ0) is 23.8. The van der Waals surface area contributed by atoms with Crippen LogP contribution in [0.25, 0.3) is 0 Å². The summed E-state index contributed by atoms with van der Waals surface area (Å²) in [4.78, 5) is 14.8. The summed E-state index contributed by atoms with van der Waals surface area (Å²) in [5, 5.41) is 17.2. The predicted molar refractivity (Wildman–Crippen MR) is 132 cm³/mol. The number of nitrogens with one attached hydrogen (secondary N) is 4. The van der Waals surface area contributed by atoms with Gasteiger partial charge < -0.3 is 20.7 Å². The summed E-state index contributed by atoms with van der Waals surface area (Å²) in [6.45, 7) is 2.86. The maximum absolute atomic E-state index is 13.4. The van der Waals surface area contributed by atoms with Crippen LogP contribution in [0, 0.1) is 11.2 Å². The van der Waals surface area contributed by atoms with E-state index in [0.29, 0.717) is 28.4 Å². The molecule has 2 aromatic carbocycles. The highest BCUT2D eigenvalue weighted by Gasteiger charge is 2.16. The average molecular weight is 474 g/mol. The highest BCUT2D eigenvalue weighted by atomic mass is 35.5. The lowest BCUT2D eigenvalue weighted by Crippen LogP contribution is -2.29. The van der Waals surface area contributed by atoms with Crippen LogP contribution in [0.3, 0.4) is 0 Å². The fraction of sp³-hybridized carbons (Fsp3) is 0.333. The first-order chi connectivity index (χ1) is 15.9. The smallest absolute Gasteiger partial charge is 0.248 e.